The SMILES string of the molecule is CCN(c1ccccc1)S(=O)(=O)c1cc(NC(=O)COC(=O)c2cc3ccccc3oc2=O)ccc1Cl. The molecule has 1 N–H and O–H groups in total. The van der Waals surface area contributed by atoms with Crippen molar-refractivity contribution in [2.75, 3.05) is 22.8 Å². The highest BCUT2D eigenvalue weighted by atomic mass is 35.5. The van der Waals surface area contributed by atoms with Gasteiger partial charge < -0.3 is 14.5 Å². The molecule has 9 nitrogen and oxygen atoms in total. The lowest BCUT2D eigenvalue weighted by Crippen LogP contribution is -2.31. The minimum Gasteiger partial charge on any atom is -0.452 e. The van der Waals surface area contributed by atoms with Crippen LogP contribution in [-0.2, 0) is 19.6 Å². The molecule has 1 aromatic heterocycles. The number of halogens is 1. The van der Waals surface area contributed by atoms with Crippen molar-refractivity contribution in [2.45, 2.75) is 11.8 Å². The van der Waals surface area contributed by atoms with E-state index >= 15 is 0 Å². The van der Waals surface area contributed by atoms with E-state index in [-0.39, 0.29) is 27.7 Å². The number of benzene rings is 3. The van der Waals surface area contributed by atoms with Crippen LogP contribution < -0.4 is 15.2 Å². The first-order valence-electron chi connectivity index (χ1n) is 11.1. The predicted octanol–water partition coefficient (Wildman–Crippen LogP) is 4.46. The molecule has 11 heteroatoms. The molecule has 1 amide bonds. The molecule has 0 bridgehead atoms. The monoisotopic (exact) mass is 540 g/mol. The number of para-hydroxylation sites is 2. The molecular weight excluding hydrogens is 520 g/mol. The van der Waals surface area contributed by atoms with Crippen molar-refractivity contribution in [3.8, 4) is 0 Å². The number of sulfonamides is 1. The third-order valence-electron chi connectivity index (χ3n) is 5.31. The zero-order valence-corrected chi connectivity index (χ0v) is 21.1. The number of ether oxygens (including phenoxy) is 1. The molecule has 0 aliphatic rings. The number of fused-ring (bicyclic) bond motifs is 1. The first kappa shape index (κ1) is 25.9. The number of nitrogens with zero attached hydrogens (tertiary/aromatic N) is 1. The van der Waals surface area contributed by atoms with Crippen LogP contribution in [-0.4, -0.2) is 33.4 Å². The zero-order valence-electron chi connectivity index (χ0n) is 19.5. The van der Waals surface area contributed by atoms with Crippen LogP contribution in [0.5, 0.6) is 0 Å². The Kier molecular flexibility index (Phi) is 7.61. The molecule has 0 radical (unpaired) electrons. The molecular formula is C26H21ClN2O7S. The fraction of sp³-hybridized carbons (Fsp3) is 0.115. The van der Waals surface area contributed by atoms with Crippen LogP contribution in [0.15, 0.2) is 93.0 Å². The summed E-state index contributed by atoms with van der Waals surface area (Å²) in [4.78, 5) is 36.7. The molecule has 0 aliphatic heterocycles. The summed E-state index contributed by atoms with van der Waals surface area (Å²) in [5.41, 5.74) is -0.356. The Morgan fingerprint density at radius 2 is 1.70 bits per heavy atom. The average Bonchev–Trinajstić information content (AvgIpc) is 2.88. The smallest absolute Gasteiger partial charge is 0.351 e. The van der Waals surface area contributed by atoms with E-state index in [2.05, 4.69) is 5.32 Å². The summed E-state index contributed by atoms with van der Waals surface area (Å²) < 4.78 is 37.9. The number of rotatable bonds is 8. The Balaban J connectivity index is 1.48. The molecule has 0 saturated carbocycles. The highest BCUT2D eigenvalue weighted by Crippen LogP contribution is 2.30. The summed E-state index contributed by atoms with van der Waals surface area (Å²) in [6.07, 6.45) is 0. The number of hydrogen-bond donors (Lipinski definition) is 1. The average molecular weight is 541 g/mol. The number of nitrogens with one attached hydrogen (secondary N) is 1. The van der Waals surface area contributed by atoms with Crippen molar-refractivity contribution >= 4 is 55.8 Å². The molecule has 0 unspecified atom stereocenters. The van der Waals surface area contributed by atoms with Crippen molar-refractivity contribution < 1.29 is 27.2 Å². The van der Waals surface area contributed by atoms with E-state index in [1.54, 1.807) is 61.5 Å². The van der Waals surface area contributed by atoms with Crippen LogP contribution in [0.4, 0.5) is 11.4 Å². The number of amides is 1. The van der Waals surface area contributed by atoms with Gasteiger partial charge >= 0.3 is 11.6 Å². The summed E-state index contributed by atoms with van der Waals surface area (Å²) in [6.45, 7) is 1.12. The number of esters is 1. The van der Waals surface area contributed by atoms with Gasteiger partial charge in [-0.05, 0) is 49.4 Å². The van der Waals surface area contributed by atoms with Gasteiger partial charge in [-0.2, -0.15) is 0 Å². The van der Waals surface area contributed by atoms with Crippen LogP contribution in [0.25, 0.3) is 11.0 Å². The first-order chi connectivity index (χ1) is 17.7. The fourth-order valence-corrected chi connectivity index (χ4v) is 5.57. The standard InChI is InChI=1S/C26H21ClN2O7S/c1-2-29(19-9-4-3-5-10-19)37(33,34)23-15-18(12-13-21(23)27)28-24(30)16-35-25(31)20-14-17-8-6-7-11-22(17)36-26(20)32/h3-15H,2,16H2,1H3,(H,28,30). The highest BCUT2D eigenvalue weighted by molar-refractivity contribution is 7.93. The normalized spacial score (nSPS) is 11.2. The quantitative estimate of drug-likeness (QED) is 0.258. The van der Waals surface area contributed by atoms with E-state index < -0.39 is 34.1 Å². The Labute approximate surface area is 217 Å². The molecule has 1 heterocycles. The predicted molar refractivity (Wildman–Crippen MR) is 139 cm³/mol. The molecule has 3 aromatic carbocycles. The third-order valence-corrected chi connectivity index (χ3v) is 7.69. The maximum atomic E-state index is 13.3. The van der Waals surface area contributed by atoms with Crippen LogP contribution in [0.3, 0.4) is 0 Å². The lowest BCUT2D eigenvalue weighted by Gasteiger charge is -2.23. The molecule has 4 rings (SSSR count). The molecule has 0 saturated heterocycles. The van der Waals surface area contributed by atoms with E-state index in [1.807, 2.05) is 0 Å². The minimum atomic E-state index is -4.06. The van der Waals surface area contributed by atoms with Crippen LogP contribution in [0, 0.1) is 0 Å². The van der Waals surface area contributed by atoms with Gasteiger partial charge in [0.25, 0.3) is 15.9 Å². The van der Waals surface area contributed by atoms with Gasteiger partial charge in [-0.3, -0.25) is 9.10 Å². The van der Waals surface area contributed by atoms with Gasteiger partial charge in [0.2, 0.25) is 0 Å². The van der Waals surface area contributed by atoms with Gasteiger partial charge in [0.15, 0.2) is 6.61 Å². The molecule has 0 atom stereocenters. The number of hydrogen-bond acceptors (Lipinski definition) is 7. The number of carbonyl (C=O) groups is 2. The van der Waals surface area contributed by atoms with E-state index in [4.69, 9.17) is 20.8 Å². The molecule has 0 aliphatic carbocycles. The fourth-order valence-electron chi connectivity index (χ4n) is 3.59. The van der Waals surface area contributed by atoms with Crippen molar-refractivity contribution in [1.82, 2.24) is 0 Å². The Bertz CT molecular complexity index is 1640. The van der Waals surface area contributed by atoms with Gasteiger partial charge in [0.05, 0.1) is 10.7 Å². The Morgan fingerprint density at radius 1 is 1.00 bits per heavy atom. The second-order valence-corrected chi connectivity index (χ2v) is 10.00. The van der Waals surface area contributed by atoms with Crippen molar-refractivity contribution in [3.63, 3.8) is 0 Å². The second kappa shape index (κ2) is 10.9. The topological polar surface area (TPSA) is 123 Å². The van der Waals surface area contributed by atoms with Crippen molar-refractivity contribution in [1.29, 1.82) is 0 Å². The lowest BCUT2D eigenvalue weighted by atomic mass is 10.2. The molecule has 0 spiro atoms. The van der Waals surface area contributed by atoms with Gasteiger partial charge in [0.1, 0.15) is 16.0 Å². The van der Waals surface area contributed by atoms with E-state index in [0.717, 1.165) is 0 Å². The van der Waals surface area contributed by atoms with E-state index in [9.17, 15) is 22.8 Å². The summed E-state index contributed by atoms with van der Waals surface area (Å²) in [6, 6.07) is 20.5. The number of carbonyl (C=O) groups excluding carboxylic acids is 2. The van der Waals surface area contributed by atoms with Gasteiger partial charge in [-0.15, -0.1) is 0 Å². The van der Waals surface area contributed by atoms with E-state index in [1.165, 1.54) is 28.6 Å². The summed E-state index contributed by atoms with van der Waals surface area (Å²) in [7, 11) is -4.06. The third kappa shape index (κ3) is 5.65. The Hall–Kier alpha value is -4.15. The van der Waals surface area contributed by atoms with Crippen LogP contribution in [0.1, 0.15) is 17.3 Å². The molecule has 0 fully saturated rings. The summed E-state index contributed by atoms with van der Waals surface area (Å²) >= 11 is 6.21. The minimum absolute atomic E-state index is 0.0261. The summed E-state index contributed by atoms with van der Waals surface area (Å²) in [5.74, 6) is -1.78. The molecule has 190 valence electrons. The second-order valence-electron chi connectivity index (χ2n) is 7.76. The van der Waals surface area contributed by atoms with Crippen LogP contribution in [0.2, 0.25) is 5.02 Å². The molecule has 37 heavy (non-hydrogen) atoms. The van der Waals surface area contributed by atoms with Crippen LogP contribution >= 0.6 is 11.6 Å². The maximum absolute atomic E-state index is 13.3. The zero-order chi connectivity index (χ0) is 26.6. The van der Waals surface area contributed by atoms with Crippen molar-refractivity contribution in [3.05, 3.63) is 99.9 Å². The number of anilines is 2. The highest BCUT2D eigenvalue weighted by Gasteiger charge is 2.27. The Morgan fingerprint density at radius 3 is 2.43 bits per heavy atom. The van der Waals surface area contributed by atoms with Gasteiger partial charge in [0, 0.05) is 17.6 Å². The molecule has 4 aromatic rings. The van der Waals surface area contributed by atoms with Gasteiger partial charge in [-0.25, -0.2) is 18.0 Å². The first-order valence-corrected chi connectivity index (χ1v) is 12.9. The lowest BCUT2D eigenvalue weighted by molar-refractivity contribution is -0.119. The van der Waals surface area contributed by atoms with Gasteiger partial charge in [-0.1, -0.05) is 48.0 Å². The largest absolute Gasteiger partial charge is 0.452 e. The van der Waals surface area contributed by atoms with Crippen molar-refractivity contribution in [2.24, 2.45) is 0 Å². The van der Waals surface area contributed by atoms with E-state index in [0.29, 0.717) is 16.7 Å². The summed E-state index contributed by atoms with van der Waals surface area (Å²) in [5, 5.41) is 2.96. The maximum Gasteiger partial charge on any atom is 0.351 e.